The minimum atomic E-state index is -0.508. The molecule has 1 heterocycles. The van der Waals surface area contributed by atoms with Crippen LogP contribution in [0.5, 0.6) is 5.75 Å². The van der Waals surface area contributed by atoms with E-state index in [1.165, 1.54) is 0 Å². The Morgan fingerprint density at radius 1 is 1.21 bits per heavy atom. The van der Waals surface area contributed by atoms with E-state index in [4.69, 9.17) is 10.5 Å². The minimum absolute atomic E-state index is 0.0976. The van der Waals surface area contributed by atoms with E-state index >= 15 is 0 Å². The molecule has 0 radical (unpaired) electrons. The van der Waals surface area contributed by atoms with Crippen molar-refractivity contribution in [2.75, 3.05) is 25.1 Å². The van der Waals surface area contributed by atoms with Crippen LogP contribution in [0, 0.1) is 5.92 Å². The number of rotatable bonds is 7. The molecule has 0 aromatic heterocycles. The fourth-order valence-electron chi connectivity index (χ4n) is 3.55. The summed E-state index contributed by atoms with van der Waals surface area (Å²) in [5.74, 6) is -0.515. The van der Waals surface area contributed by atoms with Gasteiger partial charge in [-0.3, -0.25) is 14.4 Å². The fourth-order valence-corrected chi connectivity index (χ4v) is 3.55. The van der Waals surface area contributed by atoms with Crippen molar-refractivity contribution in [1.82, 2.24) is 4.90 Å². The molecule has 0 spiro atoms. The fraction of sp³-hybridized carbons (Fsp3) is 0.318. The molecule has 1 unspecified atom stereocenters. The highest BCUT2D eigenvalue weighted by atomic mass is 16.5. The second-order valence-corrected chi connectivity index (χ2v) is 7.07. The predicted molar refractivity (Wildman–Crippen MR) is 110 cm³/mol. The van der Waals surface area contributed by atoms with E-state index in [0.717, 1.165) is 5.56 Å². The van der Waals surface area contributed by atoms with Crippen LogP contribution in [-0.4, -0.2) is 42.8 Å². The highest BCUT2D eigenvalue weighted by molar-refractivity contribution is 6.01. The summed E-state index contributed by atoms with van der Waals surface area (Å²) in [7, 11) is 1.69. The van der Waals surface area contributed by atoms with Crippen molar-refractivity contribution in [1.29, 1.82) is 0 Å². The summed E-state index contributed by atoms with van der Waals surface area (Å²) >= 11 is 0. The quantitative estimate of drug-likeness (QED) is 0.778. The molecular weight excluding hydrogens is 370 g/mol. The van der Waals surface area contributed by atoms with Crippen LogP contribution in [0.4, 0.5) is 5.69 Å². The van der Waals surface area contributed by atoms with Crippen molar-refractivity contribution in [2.24, 2.45) is 11.7 Å². The Bertz CT molecular complexity index is 928. The maximum absolute atomic E-state index is 12.9. The lowest BCUT2D eigenvalue weighted by atomic mass is 10.1. The molecule has 29 heavy (non-hydrogen) atoms. The molecule has 0 aliphatic carbocycles. The third-order valence-electron chi connectivity index (χ3n) is 4.94. The van der Waals surface area contributed by atoms with Gasteiger partial charge in [-0.15, -0.1) is 0 Å². The van der Waals surface area contributed by atoms with Gasteiger partial charge >= 0.3 is 0 Å². The van der Waals surface area contributed by atoms with Crippen LogP contribution in [0.2, 0.25) is 0 Å². The standard InChI is InChI=1S/C22H25N3O4/c1-3-29-19-10-5-4-9-18(19)25-14-17(12-20(25)26)22(28)24(2)13-15-7-6-8-16(11-15)21(23)27/h4-11,17H,3,12-14H2,1-2H3,(H2,23,27). The zero-order chi connectivity index (χ0) is 21.0. The van der Waals surface area contributed by atoms with Gasteiger partial charge < -0.3 is 20.3 Å². The number of para-hydroxylation sites is 2. The molecular formula is C22H25N3O4. The van der Waals surface area contributed by atoms with Gasteiger partial charge in [0.1, 0.15) is 5.75 Å². The summed E-state index contributed by atoms with van der Waals surface area (Å²) < 4.78 is 5.62. The van der Waals surface area contributed by atoms with Crippen molar-refractivity contribution < 1.29 is 19.1 Å². The lowest BCUT2D eigenvalue weighted by Gasteiger charge is -2.22. The third-order valence-corrected chi connectivity index (χ3v) is 4.94. The summed E-state index contributed by atoms with van der Waals surface area (Å²) in [6.07, 6.45) is 0.158. The highest BCUT2D eigenvalue weighted by Gasteiger charge is 2.37. The summed E-state index contributed by atoms with van der Waals surface area (Å²) in [5, 5.41) is 0. The second-order valence-electron chi connectivity index (χ2n) is 7.07. The van der Waals surface area contributed by atoms with Crippen molar-refractivity contribution in [2.45, 2.75) is 19.9 Å². The van der Waals surface area contributed by atoms with Gasteiger partial charge in [0.15, 0.2) is 0 Å². The van der Waals surface area contributed by atoms with E-state index in [1.807, 2.05) is 37.3 Å². The van der Waals surface area contributed by atoms with Crippen LogP contribution >= 0.6 is 0 Å². The van der Waals surface area contributed by atoms with Crippen molar-refractivity contribution >= 4 is 23.4 Å². The van der Waals surface area contributed by atoms with E-state index in [-0.39, 0.29) is 18.2 Å². The topological polar surface area (TPSA) is 92.9 Å². The van der Waals surface area contributed by atoms with E-state index in [0.29, 0.717) is 36.7 Å². The van der Waals surface area contributed by atoms with E-state index < -0.39 is 11.8 Å². The average Bonchev–Trinajstić information content (AvgIpc) is 3.09. The van der Waals surface area contributed by atoms with Crippen LogP contribution in [0.3, 0.4) is 0 Å². The first-order chi connectivity index (χ1) is 13.9. The molecule has 1 saturated heterocycles. The third kappa shape index (κ3) is 4.56. The first kappa shape index (κ1) is 20.4. The lowest BCUT2D eigenvalue weighted by Crippen LogP contribution is -2.34. The number of hydrogen-bond acceptors (Lipinski definition) is 4. The molecule has 1 aliphatic rings. The Labute approximate surface area is 170 Å². The number of amides is 3. The summed E-state index contributed by atoms with van der Waals surface area (Å²) in [4.78, 5) is 40.1. The number of ether oxygens (including phenoxy) is 1. The Hall–Kier alpha value is -3.35. The molecule has 152 valence electrons. The molecule has 2 N–H and O–H groups in total. The number of carbonyl (C=O) groups excluding carboxylic acids is 3. The van der Waals surface area contributed by atoms with Crippen LogP contribution in [-0.2, 0) is 16.1 Å². The predicted octanol–water partition coefficient (Wildman–Crippen LogP) is 2.20. The van der Waals surface area contributed by atoms with Gasteiger partial charge in [0.05, 0.1) is 18.2 Å². The first-order valence-electron chi connectivity index (χ1n) is 9.56. The Balaban J connectivity index is 1.70. The summed E-state index contributed by atoms with van der Waals surface area (Å²) in [6, 6.07) is 14.2. The molecule has 0 saturated carbocycles. The van der Waals surface area contributed by atoms with Gasteiger partial charge in [0, 0.05) is 32.1 Å². The van der Waals surface area contributed by atoms with E-state index in [1.54, 1.807) is 35.0 Å². The van der Waals surface area contributed by atoms with Crippen LogP contribution < -0.4 is 15.4 Å². The highest BCUT2D eigenvalue weighted by Crippen LogP contribution is 2.33. The maximum atomic E-state index is 12.9. The number of hydrogen-bond donors (Lipinski definition) is 1. The number of primary amides is 1. The Kier molecular flexibility index (Phi) is 6.16. The van der Waals surface area contributed by atoms with Gasteiger partial charge in [-0.1, -0.05) is 24.3 Å². The zero-order valence-corrected chi connectivity index (χ0v) is 16.6. The molecule has 3 amide bonds. The van der Waals surface area contributed by atoms with Crippen molar-refractivity contribution in [3.05, 3.63) is 59.7 Å². The zero-order valence-electron chi connectivity index (χ0n) is 16.6. The van der Waals surface area contributed by atoms with E-state index in [2.05, 4.69) is 0 Å². The van der Waals surface area contributed by atoms with Gasteiger partial charge in [0.25, 0.3) is 0 Å². The number of benzene rings is 2. The molecule has 2 aromatic carbocycles. The van der Waals surface area contributed by atoms with Gasteiger partial charge in [-0.05, 0) is 36.8 Å². The van der Waals surface area contributed by atoms with Gasteiger partial charge in [-0.2, -0.15) is 0 Å². The van der Waals surface area contributed by atoms with E-state index in [9.17, 15) is 14.4 Å². The lowest BCUT2D eigenvalue weighted by molar-refractivity contribution is -0.135. The van der Waals surface area contributed by atoms with Crippen LogP contribution in [0.1, 0.15) is 29.3 Å². The molecule has 0 bridgehead atoms. The first-order valence-corrected chi connectivity index (χ1v) is 9.56. The SMILES string of the molecule is CCOc1ccccc1N1CC(C(=O)N(C)Cc2cccc(C(N)=O)c2)CC1=O. The Morgan fingerprint density at radius 2 is 1.97 bits per heavy atom. The summed E-state index contributed by atoms with van der Waals surface area (Å²) in [6.45, 7) is 3.03. The van der Waals surface area contributed by atoms with Crippen LogP contribution in [0.15, 0.2) is 48.5 Å². The average molecular weight is 395 g/mol. The monoisotopic (exact) mass is 395 g/mol. The van der Waals surface area contributed by atoms with Gasteiger partial charge in [0.2, 0.25) is 17.7 Å². The van der Waals surface area contributed by atoms with Crippen molar-refractivity contribution in [3.63, 3.8) is 0 Å². The molecule has 2 aromatic rings. The second kappa shape index (κ2) is 8.77. The molecule has 7 nitrogen and oxygen atoms in total. The smallest absolute Gasteiger partial charge is 0.248 e. The van der Waals surface area contributed by atoms with Gasteiger partial charge in [-0.25, -0.2) is 0 Å². The molecule has 3 rings (SSSR count). The molecule has 1 atom stereocenters. The van der Waals surface area contributed by atoms with Crippen LogP contribution in [0.25, 0.3) is 0 Å². The molecule has 7 heteroatoms. The molecule has 1 aliphatic heterocycles. The number of carbonyl (C=O) groups is 3. The Morgan fingerprint density at radius 3 is 2.69 bits per heavy atom. The molecule has 1 fully saturated rings. The normalized spacial score (nSPS) is 16.0. The summed E-state index contributed by atoms with van der Waals surface area (Å²) in [5.41, 5.74) is 7.21. The maximum Gasteiger partial charge on any atom is 0.248 e. The van der Waals surface area contributed by atoms with Crippen molar-refractivity contribution in [3.8, 4) is 5.75 Å². The number of nitrogens with two attached hydrogens (primary N) is 1. The minimum Gasteiger partial charge on any atom is -0.492 e. The largest absolute Gasteiger partial charge is 0.492 e. The number of nitrogens with zero attached hydrogens (tertiary/aromatic N) is 2. The number of anilines is 1.